The summed E-state index contributed by atoms with van der Waals surface area (Å²) in [4.78, 5) is 57.4. The van der Waals surface area contributed by atoms with Gasteiger partial charge in [-0.2, -0.15) is 0 Å². The smallest absolute Gasteiger partial charge is 0.331 e. The molecule has 1 aliphatic carbocycles. The highest BCUT2D eigenvalue weighted by atomic mass is 16.3. The number of carbonyl (C=O) groups excluding carboxylic acids is 2. The van der Waals surface area contributed by atoms with Gasteiger partial charge in [-0.3, -0.25) is 18.7 Å². The summed E-state index contributed by atoms with van der Waals surface area (Å²) >= 11 is 0. The number of aromatic nitrogens is 3. The highest BCUT2D eigenvalue weighted by Crippen LogP contribution is 2.30. The number of pyridine rings is 1. The highest BCUT2D eigenvalue weighted by molar-refractivity contribution is 5.94. The molecule has 3 aromatic rings. The molecule has 3 amide bonds. The lowest BCUT2D eigenvalue weighted by molar-refractivity contribution is 0.0912. The van der Waals surface area contributed by atoms with Gasteiger partial charge >= 0.3 is 11.7 Å². The van der Waals surface area contributed by atoms with Gasteiger partial charge in [0.1, 0.15) is 0 Å². The Morgan fingerprint density at radius 1 is 1.13 bits per heavy atom. The average molecular weight is 521 g/mol. The molecular weight excluding hydrogens is 488 g/mol. The summed E-state index contributed by atoms with van der Waals surface area (Å²) in [7, 11) is 0. The second kappa shape index (κ2) is 10.3. The van der Waals surface area contributed by atoms with Gasteiger partial charge < -0.3 is 20.6 Å². The van der Waals surface area contributed by atoms with Crippen LogP contribution in [-0.2, 0) is 6.54 Å². The Labute approximate surface area is 219 Å². The molecule has 5 rings (SSSR count). The normalized spacial score (nSPS) is 17.6. The van der Waals surface area contributed by atoms with Crippen molar-refractivity contribution in [3.05, 3.63) is 62.9 Å². The van der Waals surface area contributed by atoms with Crippen molar-refractivity contribution < 1.29 is 14.7 Å². The van der Waals surface area contributed by atoms with Crippen molar-refractivity contribution in [1.82, 2.24) is 24.3 Å². The van der Waals surface area contributed by atoms with Crippen LogP contribution < -0.4 is 21.9 Å². The van der Waals surface area contributed by atoms with E-state index in [1.54, 1.807) is 27.7 Å². The van der Waals surface area contributed by atoms with Crippen molar-refractivity contribution in [2.75, 3.05) is 18.4 Å². The topological polar surface area (TPSA) is 139 Å². The number of aromatic hydroxyl groups is 1. The van der Waals surface area contributed by atoms with E-state index in [2.05, 4.69) is 15.6 Å². The summed E-state index contributed by atoms with van der Waals surface area (Å²) in [6.45, 7) is 5.10. The van der Waals surface area contributed by atoms with Crippen molar-refractivity contribution in [3.63, 3.8) is 0 Å². The van der Waals surface area contributed by atoms with Crippen molar-refractivity contribution in [3.8, 4) is 5.88 Å². The lowest BCUT2D eigenvalue weighted by Gasteiger charge is -2.33. The largest absolute Gasteiger partial charge is 0.493 e. The Bertz CT molecular complexity index is 1490. The van der Waals surface area contributed by atoms with Crippen LogP contribution in [0.1, 0.15) is 55.9 Å². The average Bonchev–Trinajstić information content (AvgIpc) is 3.71. The van der Waals surface area contributed by atoms with Gasteiger partial charge in [-0.1, -0.05) is 0 Å². The number of amides is 3. The summed E-state index contributed by atoms with van der Waals surface area (Å²) in [5, 5.41) is 15.5. The number of urea groups is 1. The Morgan fingerprint density at radius 2 is 1.92 bits per heavy atom. The Balaban J connectivity index is 1.32. The third kappa shape index (κ3) is 5.27. The molecule has 2 aromatic heterocycles. The second-order valence-electron chi connectivity index (χ2n) is 10.4. The van der Waals surface area contributed by atoms with Crippen LogP contribution in [0.4, 0.5) is 10.5 Å². The van der Waals surface area contributed by atoms with E-state index in [-0.39, 0.29) is 41.2 Å². The number of benzene rings is 1. The molecule has 1 aliphatic heterocycles. The quantitative estimate of drug-likeness (QED) is 0.457. The zero-order valence-corrected chi connectivity index (χ0v) is 21.5. The van der Waals surface area contributed by atoms with Gasteiger partial charge in [0.2, 0.25) is 5.88 Å². The summed E-state index contributed by atoms with van der Waals surface area (Å²) in [6, 6.07) is 7.19. The standard InChI is InChI=1S/C27H32N6O5/c1-16(2)33-22-9-8-19(12-21(22)25(36)32(27(33)38)14-17-5-6-17)30-26(37)31-11-3-4-20(15-31)29-24(35)18-7-10-23(34)28-13-18/h7-10,12-13,16-17,20H,3-6,11,14-15H2,1-2H3,(H,28,34)(H,29,35)(H,30,37). The van der Waals surface area contributed by atoms with E-state index in [9.17, 15) is 24.3 Å². The minimum absolute atomic E-state index is 0.130. The van der Waals surface area contributed by atoms with Crippen LogP contribution in [0.15, 0.2) is 46.1 Å². The summed E-state index contributed by atoms with van der Waals surface area (Å²) in [5.74, 6) is -0.123. The molecule has 200 valence electrons. The van der Waals surface area contributed by atoms with Gasteiger partial charge in [0.25, 0.3) is 11.5 Å². The van der Waals surface area contributed by atoms with Crippen LogP contribution >= 0.6 is 0 Å². The molecule has 3 N–H and O–H groups in total. The fourth-order valence-electron chi connectivity index (χ4n) is 4.95. The van der Waals surface area contributed by atoms with Gasteiger partial charge in [0.15, 0.2) is 0 Å². The lowest BCUT2D eigenvalue weighted by Crippen LogP contribution is -2.50. The molecule has 0 radical (unpaired) electrons. The van der Waals surface area contributed by atoms with Gasteiger partial charge in [-0.05, 0) is 69.7 Å². The first-order valence-corrected chi connectivity index (χ1v) is 13.0. The van der Waals surface area contributed by atoms with Crippen LogP contribution in [0.25, 0.3) is 10.9 Å². The molecule has 1 atom stereocenters. The van der Waals surface area contributed by atoms with E-state index in [0.717, 1.165) is 25.7 Å². The van der Waals surface area contributed by atoms with Crippen LogP contribution in [-0.4, -0.2) is 55.2 Å². The van der Waals surface area contributed by atoms with E-state index >= 15 is 0 Å². The molecule has 1 unspecified atom stereocenters. The molecule has 0 bridgehead atoms. The molecule has 11 heteroatoms. The first-order chi connectivity index (χ1) is 18.2. The van der Waals surface area contributed by atoms with Crippen molar-refractivity contribution in [2.45, 2.75) is 58.2 Å². The minimum Gasteiger partial charge on any atom is -0.493 e. The van der Waals surface area contributed by atoms with Crippen LogP contribution in [0.5, 0.6) is 5.88 Å². The maximum Gasteiger partial charge on any atom is 0.331 e. The van der Waals surface area contributed by atoms with Crippen molar-refractivity contribution >= 4 is 28.5 Å². The number of carbonyl (C=O) groups is 2. The molecule has 2 fully saturated rings. The minimum atomic E-state index is -0.339. The molecule has 1 saturated carbocycles. The zero-order chi connectivity index (χ0) is 27.0. The van der Waals surface area contributed by atoms with E-state index in [0.29, 0.717) is 47.7 Å². The fraction of sp³-hybridized carbons (Fsp3) is 0.444. The molecule has 2 aliphatic rings. The van der Waals surface area contributed by atoms with E-state index in [4.69, 9.17) is 0 Å². The third-order valence-electron chi connectivity index (χ3n) is 7.13. The monoisotopic (exact) mass is 520 g/mol. The molecule has 3 heterocycles. The first kappa shape index (κ1) is 25.5. The third-order valence-corrected chi connectivity index (χ3v) is 7.13. The highest BCUT2D eigenvalue weighted by Gasteiger charge is 2.27. The Hall–Kier alpha value is -4.15. The lowest BCUT2D eigenvalue weighted by atomic mass is 10.1. The van der Waals surface area contributed by atoms with Gasteiger partial charge in [-0.15, -0.1) is 0 Å². The number of piperidine rings is 1. The van der Waals surface area contributed by atoms with E-state index in [1.165, 1.54) is 22.9 Å². The van der Waals surface area contributed by atoms with E-state index in [1.807, 2.05) is 13.8 Å². The van der Waals surface area contributed by atoms with Crippen LogP contribution in [0.2, 0.25) is 0 Å². The maximum atomic E-state index is 13.3. The predicted molar refractivity (Wildman–Crippen MR) is 143 cm³/mol. The first-order valence-electron chi connectivity index (χ1n) is 13.0. The number of hydrogen-bond donors (Lipinski definition) is 3. The van der Waals surface area contributed by atoms with Gasteiger partial charge in [-0.25, -0.2) is 14.6 Å². The fourth-order valence-corrected chi connectivity index (χ4v) is 4.95. The Kier molecular flexibility index (Phi) is 6.92. The molecule has 1 saturated heterocycles. The van der Waals surface area contributed by atoms with Gasteiger partial charge in [0.05, 0.1) is 16.5 Å². The SMILES string of the molecule is CC(C)n1c(=O)n(CC2CC2)c(=O)c2cc(NC(=O)N3CCCC(NC(=O)c4ccc(O)nc4)C3)ccc21. The van der Waals surface area contributed by atoms with Crippen molar-refractivity contribution in [1.29, 1.82) is 0 Å². The summed E-state index contributed by atoms with van der Waals surface area (Å²) in [5.41, 5.74) is 0.699. The second-order valence-corrected chi connectivity index (χ2v) is 10.4. The number of rotatable bonds is 6. The van der Waals surface area contributed by atoms with E-state index < -0.39 is 0 Å². The number of hydrogen-bond acceptors (Lipinski definition) is 6. The van der Waals surface area contributed by atoms with Crippen LogP contribution in [0.3, 0.4) is 0 Å². The molecular formula is C27H32N6O5. The summed E-state index contributed by atoms with van der Waals surface area (Å²) in [6.07, 6.45) is 4.78. The zero-order valence-electron chi connectivity index (χ0n) is 21.5. The predicted octanol–water partition coefficient (Wildman–Crippen LogP) is 2.68. The molecule has 11 nitrogen and oxygen atoms in total. The van der Waals surface area contributed by atoms with Gasteiger partial charge in [0, 0.05) is 49.7 Å². The number of nitrogens with zero attached hydrogens (tertiary/aromatic N) is 4. The Morgan fingerprint density at radius 3 is 2.61 bits per heavy atom. The molecule has 1 aromatic carbocycles. The summed E-state index contributed by atoms with van der Waals surface area (Å²) < 4.78 is 2.96. The molecule has 0 spiro atoms. The number of nitrogens with one attached hydrogen (secondary N) is 2. The number of anilines is 1. The number of likely N-dealkylation sites (tertiary alicyclic amines) is 1. The van der Waals surface area contributed by atoms with Crippen molar-refractivity contribution in [2.24, 2.45) is 5.92 Å². The number of fused-ring (bicyclic) bond motifs is 1. The van der Waals surface area contributed by atoms with Crippen LogP contribution in [0, 0.1) is 5.92 Å². The molecule has 38 heavy (non-hydrogen) atoms. The maximum absolute atomic E-state index is 13.3.